The molecule has 0 amide bonds. The second-order valence-electron chi connectivity index (χ2n) is 8.74. The number of hydrogen-bond donors (Lipinski definition) is 1. The molecule has 0 bridgehead atoms. The Morgan fingerprint density at radius 2 is 1.67 bits per heavy atom. The molecule has 186 valence electrons. The monoisotopic (exact) mass is 486 g/mol. The molecule has 1 N–H and O–H groups in total. The molecule has 0 aliphatic heterocycles. The number of ether oxygens (including phenoxy) is 2. The molecule has 36 heavy (non-hydrogen) atoms. The van der Waals surface area contributed by atoms with Crippen molar-refractivity contribution in [3.63, 3.8) is 0 Å². The van der Waals surface area contributed by atoms with Crippen LogP contribution in [0.25, 0.3) is 10.9 Å². The SMILES string of the molecule is CCC(C)OC(Cc1ccc(OCc2nc3ccccc3c(=O)n2Cc2ccccc2)cc1)C(=O)O. The number of nitrogens with zero attached hydrogens (tertiary/aromatic N) is 2. The molecule has 7 heteroatoms. The highest BCUT2D eigenvalue weighted by atomic mass is 16.5. The van der Waals surface area contributed by atoms with Gasteiger partial charge < -0.3 is 14.6 Å². The Hall–Kier alpha value is -3.97. The second-order valence-corrected chi connectivity index (χ2v) is 8.74. The van der Waals surface area contributed by atoms with Crippen molar-refractivity contribution < 1.29 is 19.4 Å². The van der Waals surface area contributed by atoms with Crippen LogP contribution in [0.5, 0.6) is 5.75 Å². The van der Waals surface area contributed by atoms with Crippen LogP contribution >= 0.6 is 0 Å². The highest BCUT2D eigenvalue weighted by Gasteiger charge is 2.21. The summed E-state index contributed by atoms with van der Waals surface area (Å²) in [5.41, 5.74) is 2.35. The Morgan fingerprint density at radius 3 is 2.36 bits per heavy atom. The maximum Gasteiger partial charge on any atom is 0.333 e. The Bertz CT molecular complexity index is 1370. The lowest BCUT2D eigenvalue weighted by molar-refractivity contribution is -0.153. The molecule has 4 aromatic rings. The van der Waals surface area contributed by atoms with Crippen molar-refractivity contribution in [1.29, 1.82) is 0 Å². The van der Waals surface area contributed by atoms with E-state index in [1.807, 2.05) is 74.5 Å². The van der Waals surface area contributed by atoms with Crippen molar-refractivity contribution in [2.75, 3.05) is 0 Å². The molecule has 0 aliphatic rings. The van der Waals surface area contributed by atoms with Crippen molar-refractivity contribution >= 4 is 16.9 Å². The first-order valence-corrected chi connectivity index (χ1v) is 12.1. The molecule has 0 aliphatic carbocycles. The Labute approximate surface area is 210 Å². The van der Waals surface area contributed by atoms with Gasteiger partial charge in [0.25, 0.3) is 5.56 Å². The molecule has 0 radical (unpaired) electrons. The summed E-state index contributed by atoms with van der Waals surface area (Å²) in [7, 11) is 0. The van der Waals surface area contributed by atoms with Crippen molar-refractivity contribution in [3.05, 3.63) is 106 Å². The topological polar surface area (TPSA) is 90.7 Å². The van der Waals surface area contributed by atoms with Crippen LogP contribution in [-0.4, -0.2) is 32.8 Å². The lowest BCUT2D eigenvalue weighted by Crippen LogP contribution is -2.30. The predicted molar refractivity (Wildman–Crippen MR) is 138 cm³/mol. The fourth-order valence-electron chi connectivity index (χ4n) is 3.91. The first kappa shape index (κ1) is 25.1. The molecule has 7 nitrogen and oxygen atoms in total. The zero-order chi connectivity index (χ0) is 25.5. The minimum absolute atomic E-state index is 0.112. The molecule has 4 rings (SSSR count). The van der Waals surface area contributed by atoms with Crippen LogP contribution in [-0.2, 0) is 29.1 Å². The van der Waals surface area contributed by atoms with Gasteiger partial charge in [-0.3, -0.25) is 9.36 Å². The molecule has 2 atom stereocenters. The summed E-state index contributed by atoms with van der Waals surface area (Å²) in [4.78, 5) is 29.6. The minimum atomic E-state index is -0.977. The molecule has 0 saturated carbocycles. The number of benzene rings is 3. The molecular formula is C29H30N2O5. The zero-order valence-electron chi connectivity index (χ0n) is 20.5. The van der Waals surface area contributed by atoms with E-state index in [2.05, 4.69) is 0 Å². The van der Waals surface area contributed by atoms with Crippen LogP contribution in [0, 0.1) is 0 Å². The van der Waals surface area contributed by atoms with Gasteiger partial charge in [0.1, 0.15) is 12.4 Å². The van der Waals surface area contributed by atoms with Gasteiger partial charge in [0.05, 0.1) is 23.6 Å². The fourth-order valence-corrected chi connectivity index (χ4v) is 3.91. The summed E-state index contributed by atoms with van der Waals surface area (Å²) in [5, 5.41) is 10.1. The van der Waals surface area contributed by atoms with E-state index >= 15 is 0 Å². The van der Waals surface area contributed by atoms with E-state index in [1.165, 1.54) is 0 Å². The van der Waals surface area contributed by atoms with E-state index in [4.69, 9.17) is 14.5 Å². The highest BCUT2D eigenvalue weighted by molar-refractivity contribution is 5.77. The lowest BCUT2D eigenvalue weighted by Gasteiger charge is -2.18. The number of aromatic nitrogens is 2. The number of para-hydroxylation sites is 1. The van der Waals surface area contributed by atoms with Crippen molar-refractivity contribution in [1.82, 2.24) is 9.55 Å². The molecule has 0 spiro atoms. The van der Waals surface area contributed by atoms with Gasteiger partial charge in [-0.1, -0.05) is 61.5 Å². The Kier molecular flexibility index (Phi) is 8.13. The van der Waals surface area contributed by atoms with Gasteiger partial charge in [-0.2, -0.15) is 0 Å². The zero-order valence-corrected chi connectivity index (χ0v) is 20.5. The average Bonchev–Trinajstić information content (AvgIpc) is 2.90. The summed E-state index contributed by atoms with van der Waals surface area (Å²) in [6.45, 7) is 4.33. The molecule has 0 saturated heterocycles. The first-order valence-electron chi connectivity index (χ1n) is 12.1. The van der Waals surface area contributed by atoms with Gasteiger partial charge in [-0.25, -0.2) is 9.78 Å². The highest BCUT2D eigenvalue weighted by Crippen LogP contribution is 2.18. The predicted octanol–water partition coefficient (Wildman–Crippen LogP) is 4.83. The number of hydrogen-bond acceptors (Lipinski definition) is 5. The maximum absolute atomic E-state index is 13.3. The van der Waals surface area contributed by atoms with E-state index in [0.717, 1.165) is 17.5 Å². The summed E-state index contributed by atoms with van der Waals surface area (Å²) in [5.74, 6) is 0.149. The van der Waals surface area contributed by atoms with Gasteiger partial charge in [0, 0.05) is 6.42 Å². The van der Waals surface area contributed by atoms with Crippen LogP contribution in [0.1, 0.15) is 37.2 Å². The van der Waals surface area contributed by atoms with Crippen LogP contribution in [0.15, 0.2) is 83.7 Å². The number of carboxylic acids is 1. The van der Waals surface area contributed by atoms with Gasteiger partial charge >= 0.3 is 5.97 Å². The van der Waals surface area contributed by atoms with E-state index in [1.54, 1.807) is 22.8 Å². The molecular weight excluding hydrogens is 456 g/mol. The van der Waals surface area contributed by atoms with Gasteiger partial charge in [-0.05, 0) is 48.7 Å². The first-order chi connectivity index (χ1) is 17.4. The maximum atomic E-state index is 13.3. The van der Waals surface area contributed by atoms with Crippen LogP contribution in [0.4, 0.5) is 0 Å². The summed E-state index contributed by atoms with van der Waals surface area (Å²) in [6, 6.07) is 24.3. The smallest absolute Gasteiger partial charge is 0.333 e. The molecule has 0 fully saturated rings. The normalized spacial score (nSPS) is 12.8. The van der Waals surface area contributed by atoms with Crippen molar-refractivity contribution in [2.45, 2.75) is 52.0 Å². The third-order valence-electron chi connectivity index (χ3n) is 6.08. The minimum Gasteiger partial charge on any atom is -0.486 e. The second kappa shape index (κ2) is 11.6. The third-order valence-corrected chi connectivity index (χ3v) is 6.08. The number of carboxylic acid groups (broad SMARTS) is 1. The molecule has 1 heterocycles. The van der Waals surface area contributed by atoms with E-state index in [0.29, 0.717) is 29.0 Å². The molecule has 2 unspecified atom stereocenters. The van der Waals surface area contributed by atoms with Gasteiger partial charge in [0.2, 0.25) is 0 Å². The van der Waals surface area contributed by atoms with Gasteiger partial charge in [-0.15, -0.1) is 0 Å². The summed E-state index contributed by atoms with van der Waals surface area (Å²) < 4.78 is 13.3. The number of fused-ring (bicyclic) bond motifs is 1. The number of aliphatic carboxylic acids is 1. The van der Waals surface area contributed by atoms with Crippen molar-refractivity contribution in [2.24, 2.45) is 0 Å². The standard InChI is InChI=1S/C29H30N2O5/c1-3-20(2)36-26(29(33)34)17-21-13-15-23(16-14-21)35-19-27-30-25-12-8-7-11-24(25)28(32)31(27)18-22-9-5-4-6-10-22/h4-16,20,26H,3,17-19H2,1-2H3,(H,33,34). The van der Waals surface area contributed by atoms with Crippen LogP contribution in [0.3, 0.4) is 0 Å². The van der Waals surface area contributed by atoms with Crippen molar-refractivity contribution in [3.8, 4) is 5.75 Å². The van der Waals surface area contributed by atoms with E-state index < -0.39 is 12.1 Å². The van der Waals surface area contributed by atoms with E-state index in [9.17, 15) is 14.7 Å². The third kappa shape index (κ3) is 6.17. The van der Waals surface area contributed by atoms with Crippen LogP contribution in [0.2, 0.25) is 0 Å². The summed E-state index contributed by atoms with van der Waals surface area (Å²) in [6.07, 6.45) is -0.0186. The lowest BCUT2D eigenvalue weighted by atomic mass is 10.1. The summed E-state index contributed by atoms with van der Waals surface area (Å²) >= 11 is 0. The molecule has 3 aromatic carbocycles. The van der Waals surface area contributed by atoms with Gasteiger partial charge in [0.15, 0.2) is 11.9 Å². The fraction of sp³-hybridized carbons (Fsp3) is 0.276. The Balaban J connectivity index is 1.52. The Morgan fingerprint density at radius 1 is 0.972 bits per heavy atom. The van der Waals surface area contributed by atoms with E-state index in [-0.39, 0.29) is 24.7 Å². The number of carbonyl (C=O) groups is 1. The average molecular weight is 487 g/mol. The molecule has 1 aromatic heterocycles. The quantitative estimate of drug-likeness (QED) is 0.326. The van der Waals surface area contributed by atoms with Crippen LogP contribution < -0.4 is 10.3 Å². The largest absolute Gasteiger partial charge is 0.486 e. The number of rotatable bonds is 11.